The standard InChI is InChI=1S/C12H19NO/c1-4-13(9-11(3)14)12-7-5-6-10(2)8-12/h5-8,11,14H,4,9H2,1-3H3. The summed E-state index contributed by atoms with van der Waals surface area (Å²) in [5, 5.41) is 9.34. The number of hydrogen-bond donors (Lipinski definition) is 1. The molecule has 0 saturated carbocycles. The third kappa shape index (κ3) is 3.04. The summed E-state index contributed by atoms with van der Waals surface area (Å²) in [6.45, 7) is 7.62. The first-order valence-electron chi connectivity index (χ1n) is 5.13. The first-order valence-corrected chi connectivity index (χ1v) is 5.13. The van der Waals surface area contributed by atoms with Gasteiger partial charge in [-0.2, -0.15) is 0 Å². The van der Waals surface area contributed by atoms with Gasteiger partial charge in [-0.15, -0.1) is 0 Å². The fourth-order valence-corrected chi connectivity index (χ4v) is 1.56. The Morgan fingerprint density at radius 3 is 2.64 bits per heavy atom. The van der Waals surface area contributed by atoms with Crippen molar-refractivity contribution in [2.24, 2.45) is 0 Å². The van der Waals surface area contributed by atoms with E-state index in [4.69, 9.17) is 0 Å². The van der Waals surface area contributed by atoms with Crippen molar-refractivity contribution in [3.8, 4) is 0 Å². The summed E-state index contributed by atoms with van der Waals surface area (Å²) < 4.78 is 0. The summed E-state index contributed by atoms with van der Waals surface area (Å²) in [6.07, 6.45) is -0.282. The molecular weight excluding hydrogens is 174 g/mol. The molecule has 1 atom stereocenters. The molecule has 1 rings (SSSR count). The molecule has 1 aromatic carbocycles. The molecule has 0 saturated heterocycles. The topological polar surface area (TPSA) is 23.5 Å². The van der Waals surface area contributed by atoms with Crippen molar-refractivity contribution in [3.05, 3.63) is 29.8 Å². The summed E-state index contributed by atoms with van der Waals surface area (Å²) in [6, 6.07) is 8.36. The zero-order valence-electron chi connectivity index (χ0n) is 9.20. The average molecular weight is 193 g/mol. The molecule has 0 aromatic heterocycles. The van der Waals surface area contributed by atoms with Crippen molar-refractivity contribution >= 4 is 5.69 Å². The highest BCUT2D eigenvalue weighted by atomic mass is 16.3. The van der Waals surface area contributed by atoms with Crippen LogP contribution >= 0.6 is 0 Å². The highest BCUT2D eigenvalue weighted by Gasteiger charge is 2.06. The number of aliphatic hydroxyl groups excluding tert-OH is 1. The lowest BCUT2D eigenvalue weighted by atomic mass is 10.2. The molecule has 0 aliphatic rings. The maximum Gasteiger partial charge on any atom is 0.0687 e. The first-order chi connectivity index (χ1) is 6.63. The van der Waals surface area contributed by atoms with Crippen LogP contribution in [0.4, 0.5) is 5.69 Å². The largest absolute Gasteiger partial charge is 0.392 e. The summed E-state index contributed by atoms with van der Waals surface area (Å²) in [7, 11) is 0. The molecule has 0 amide bonds. The Bertz CT molecular complexity index is 283. The molecule has 0 aliphatic heterocycles. The lowest BCUT2D eigenvalue weighted by Gasteiger charge is -2.24. The van der Waals surface area contributed by atoms with E-state index in [1.165, 1.54) is 11.3 Å². The lowest BCUT2D eigenvalue weighted by molar-refractivity contribution is 0.200. The third-order valence-electron chi connectivity index (χ3n) is 2.23. The van der Waals surface area contributed by atoms with E-state index in [1.54, 1.807) is 0 Å². The normalized spacial score (nSPS) is 12.6. The molecule has 2 heteroatoms. The molecule has 0 aliphatic carbocycles. The van der Waals surface area contributed by atoms with Crippen LogP contribution in [0.1, 0.15) is 19.4 Å². The van der Waals surface area contributed by atoms with Gasteiger partial charge in [-0.05, 0) is 38.5 Å². The minimum Gasteiger partial charge on any atom is -0.392 e. The van der Waals surface area contributed by atoms with Crippen molar-refractivity contribution in [3.63, 3.8) is 0 Å². The van der Waals surface area contributed by atoms with Crippen LogP contribution in [-0.2, 0) is 0 Å². The molecule has 0 fully saturated rings. The predicted octanol–water partition coefficient (Wildman–Crippen LogP) is 2.20. The molecule has 1 N–H and O–H groups in total. The molecule has 1 unspecified atom stereocenters. The van der Waals surface area contributed by atoms with Crippen LogP contribution in [0.15, 0.2) is 24.3 Å². The van der Waals surface area contributed by atoms with E-state index in [-0.39, 0.29) is 6.10 Å². The summed E-state index contributed by atoms with van der Waals surface area (Å²) in [5.74, 6) is 0. The van der Waals surface area contributed by atoms with Gasteiger partial charge in [-0.25, -0.2) is 0 Å². The maximum atomic E-state index is 9.34. The monoisotopic (exact) mass is 193 g/mol. The molecule has 1 aromatic rings. The molecule has 0 radical (unpaired) electrons. The second kappa shape index (κ2) is 5.01. The van der Waals surface area contributed by atoms with Gasteiger partial charge in [-0.1, -0.05) is 12.1 Å². The van der Waals surface area contributed by atoms with E-state index in [0.717, 1.165) is 6.54 Å². The van der Waals surface area contributed by atoms with E-state index >= 15 is 0 Å². The lowest BCUT2D eigenvalue weighted by Crippen LogP contribution is -2.30. The fourth-order valence-electron chi connectivity index (χ4n) is 1.56. The number of likely N-dealkylation sites (N-methyl/N-ethyl adjacent to an activating group) is 1. The van der Waals surface area contributed by atoms with Gasteiger partial charge in [0.05, 0.1) is 6.10 Å². The highest BCUT2D eigenvalue weighted by molar-refractivity contribution is 5.48. The SMILES string of the molecule is CCN(CC(C)O)c1cccc(C)c1. The number of aryl methyl sites for hydroxylation is 1. The summed E-state index contributed by atoms with van der Waals surface area (Å²) in [5.41, 5.74) is 2.44. The van der Waals surface area contributed by atoms with Crippen LogP contribution in [0.2, 0.25) is 0 Å². The van der Waals surface area contributed by atoms with Gasteiger partial charge in [0.25, 0.3) is 0 Å². The van der Waals surface area contributed by atoms with Crippen molar-refractivity contribution in [2.45, 2.75) is 26.9 Å². The minimum absolute atomic E-state index is 0.282. The van der Waals surface area contributed by atoms with E-state index in [1.807, 2.05) is 6.92 Å². The van der Waals surface area contributed by atoms with Gasteiger partial charge in [0.1, 0.15) is 0 Å². The van der Waals surface area contributed by atoms with Gasteiger partial charge < -0.3 is 10.0 Å². The first kappa shape index (κ1) is 11.1. The number of benzene rings is 1. The molecule has 0 heterocycles. The van der Waals surface area contributed by atoms with Gasteiger partial charge in [0, 0.05) is 18.8 Å². The summed E-state index contributed by atoms with van der Waals surface area (Å²) >= 11 is 0. The zero-order chi connectivity index (χ0) is 10.6. The zero-order valence-corrected chi connectivity index (χ0v) is 9.20. The smallest absolute Gasteiger partial charge is 0.0687 e. The van der Waals surface area contributed by atoms with Gasteiger partial charge in [-0.3, -0.25) is 0 Å². The number of anilines is 1. The molecule has 14 heavy (non-hydrogen) atoms. The van der Waals surface area contributed by atoms with Crippen LogP contribution in [0.25, 0.3) is 0 Å². The molecule has 78 valence electrons. The molecular formula is C12H19NO. The van der Waals surface area contributed by atoms with E-state index in [9.17, 15) is 5.11 Å². The Balaban J connectivity index is 2.78. The summed E-state index contributed by atoms with van der Waals surface area (Å²) in [4.78, 5) is 2.18. The Hall–Kier alpha value is -1.02. The number of aliphatic hydroxyl groups is 1. The van der Waals surface area contributed by atoms with Crippen molar-refractivity contribution in [1.29, 1.82) is 0 Å². The molecule has 0 spiro atoms. The van der Waals surface area contributed by atoms with Crippen LogP contribution in [0.5, 0.6) is 0 Å². The van der Waals surface area contributed by atoms with Crippen LogP contribution in [0.3, 0.4) is 0 Å². The number of rotatable bonds is 4. The van der Waals surface area contributed by atoms with Gasteiger partial charge in [0.15, 0.2) is 0 Å². The molecule has 0 bridgehead atoms. The van der Waals surface area contributed by atoms with E-state index in [0.29, 0.717) is 6.54 Å². The van der Waals surface area contributed by atoms with Crippen molar-refractivity contribution < 1.29 is 5.11 Å². The van der Waals surface area contributed by atoms with Gasteiger partial charge in [0.2, 0.25) is 0 Å². The predicted molar refractivity (Wildman–Crippen MR) is 60.7 cm³/mol. The van der Waals surface area contributed by atoms with Crippen molar-refractivity contribution in [1.82, 2.24) is 0 Å². The average Bonchev–Trinajstić information content (AvgIpc) is 2.14. The fraction of sp³-hybridized carbons (Fsp3) is 0.500. The maximum absolute atomic E-state index is 9.34. The second-order valence-corrected chi connectivity index (χ2v) is 3.73. The van der Waals surface area contributed by atoms with Crippen LogP contribution < -0.4 is 4.90 Å². The molecule has 2 nitrogen and oxygen atoms in total. The van der Waals surface area contributed by atoms with E-state index < -0.39 is 0 Å². The van der Waals surface area contributed by atoms with Gasteiger partial charge >= 0.3 is 0 Å². The van der Waals surface area contributed by atoms with Crippen molar-refractivity contribution in [2.75, 3.05) is 18.0 Å². The quantitative estimate of drug-likeness (QED) is 0.792. The number of nitrogens with zero attached hydrogens (tertiary/aromatic N) is 1. The Labute approximate surface area is 86.2 Å². The Kier molecular flexibility index (Phi) is 3.96. The van der Waals surface area contributed by atoms with Crippen LogP contribution in [0, 0.1) is 6.92 Å². The third-order valence-corrected chi connectivity index (χ3v) is 2.23. The number of hydrogen-bond acceptors (Lipinski definition) is 2. The Morgan fingerprint density at radius 2 is 2.14 bits per heavy atom. The van der Waals surface area contributed by atoms with E-state index in [2.05, 4.69) is 43.0 Å². The minimum atomic E-state index is -0.282. The second-order valence-electron chi connectivity index (χ2n) is 3.73. The highest BCUT2D eigenvalue weighted by Crippen LogP contribution is 2.15. The van der Waals surface area contributed by atoms with Crippen LogP contribution in [-0.4, -0.2) is 24.3 Å². The Morgan fingerprint density at radius 1 is 1.43 bits per heavy atom.